The number of rotatable bonds is 1. The number of benzene rings is 1. The van der Waals surface area contributed by atoms with Crippen molar-refractivity contribution in [1.82, 2.24) is 5.32 Å². The number of hydrogen-bond donors (Lipinski definition) is 3. The van der Waals surface area contributed by atoms with Crippen LogP contribution in [0.15, 0.2) is 12.1 Å². The highest BCUT2D eigenvalue weighted by molar-refractivity contribution is 7.16. The zero-order valence-corrected chi connectivity index (χ0v) is 15.1. The van der Waals surface area contributed by atoms with E-state index in [4.69, 9.17) is 21.1 Å². The molecule has 8 heteroatoms. The molecule has 0 fully saturated rings. The minimum atomic E-state index is -0.382. The Labute approximate surface area is 153 Å². The summed E-state index contributed by atoms with van der Waals surface area (Å²) < 4.78 is 10.8. The number of amides is 1. The fourth-order valence-electron chi connectivity index (χ4n) is 3.64. The first kappa shape index (κ1) is 15.3. The maximum absolute atomic E-state index is 12.8. The summed E-state index contributed by atoms with van der Waals surface area (Å²) in [5, 5.41) is 7.95. The van der Waals surface area contributed by atoms with Gasteiger partial charge in [-0.3, -0.25) is 4.79 Å². The molecule has 1 aromatic heterocycles. The molecule has 0 bridgehead atoms. The second kappa shape index (κ2) is 5.52. The van der Waals surface area contributed by atoms with Gasteiger partial charge in [0.25, 0.3) is 5.91 Å². The monoisotopic (exact) mass is 378 g/mol. The minimum absolute atomic E-state index is 0.0375. The quantitative estimate of drug-likeness (QED) is 0.704. The molecule has 3 aliphatic heterocycles. The molecule has 6 nitrogen and oxygen atoms in total. The van der Waals surface area contributed by atoms with Crippen molar-refractivity contribution >= 4 is 33.8 Å². The molecule has 25 heavy (non-hydrogen) atoms. The molecular weight excluding hydrogens is 362 g/mol. The molecule has 0 radical (unpaired) electrons. The summed E-state index contributed by atoms with van der Waals surface area (Å²) in [6.07, 6.45) is 0.560. The summed E-state index contributed by atoms with van der Waals surface area (Å²) >= 11 is 8.09. The third-order valence-electron chi connectivity index (χ3n) is 4.94. The van der Waals surface area contributed by atoms with E-state index in [0.29, 0.717) is 16.5 Å². The van der Waals surface area contributed by atoms with E-state index < -0.39 is 0 Å². The van der Waals surface area contributed by atoms with Gasteiger partial charge < -0.3 is 25.0 Å². The molecular formula is C17H17ClN3O3S+. The van der Waals surface area contributed by atoms with Crippen LogP contribution in [0.5, 0.6) is 11.5 Å². The standard InChI is InChI=1S/C17H16ClN3O3S/c1-21-3-2-8-13(6-21)25-17-14(8)16(22)19-15(20-17)9-4-11-12(5-10(9)18)24-7-23-11/h4-5,15,20H,2-3,6-7H2,1H3,(H,19,22)/p+1/t15-/m0/s1. The molecule has 2 aromatic rings. The number of fused-ring (bicyclic) bond motifs is 4. The number of carbonyl (C=O) groups excluding carboxylic acids is 1. The first-order valence-electron chi connectivity index (χ1n) is 8.22. The number of nitrogens with one attached hydrogen (secondary N) is 3. The summed E-state index contributed by atoms with van der Waals surface area (Å²) in [7, 11) is 2.18. The Bertz CT molecular complexity index is 898. The van der Waals surface area contributed by atoms with Crippen molar-refractivity contribution in [1.29, 1.82) is 0 Å². The second-order valence-electron chi connectivity index (χ2n) is 6.62. The van der Waals surface area contributed by atoms with Crippen molar-refractivity contribution in [2.75, 3.05) is 25.7 Å². The first-order chi connectivity index (χ1) is 12.1. The SMILES string of the molecule is C[NH+]1CCc2c(sc3c2C(=O)N[C@H](c2cc4c(cc2Cl)OCO4)N3)C1. The fourth-order valence-corrected chi connectivity index (χ4v) is 5.29. The van der Waals surface area contributed by atoms with E-state index in [1.165, 1.54) is 15.3 Å². The average molecular weight is 379 g/mol. The van der Waals surface area contributed by atoms with Crippen LogP contribution in [-0.2, 0) is 13.0 Å². The number of thiophene rings is 1. The predicted octanol–water partition coefficient (Wildman–Crippen LogP) is 1.56. The molecule has 0 spiro atoms. The summed E-state index contributed by atoms with van der Waals surface area (Å²) in [5.74, 6) is 1.25. The summed E-state index contributed by atoms with van der Waals surface area (Å²) in [5.41, 5.74) is 2.78. The third kappa shape index (κ3) is 2.38. The van der Waals surface area contributed by atoms with Crippen LogP contribution in [0, 0.1) is 0 Å². The molecule has 2 atom stereocenters. The fraction of sp³-hybridized carbons (Fsp3) is 0.353. The maximum Gasteiger partial charge on any atom is 0.256 e. The molecule has 0 saturated heterocycles. The van der Waals surface area contributed by atoms with Gasteiger partial charge in [-0.2, -0.15) is 0 Å². The van der Waals surface area contributed by atoms with Crippen LogP contribution < -0.4 is 25.0 Å². The van der Waals surface area contributed by atoms with E-state index in [1.807, 2.05) is 6.07 Å². The summed E-state index contributed by atoms with van der Waals surface area (Å²) in [6, 6.07) is 3.57. The Kier molecular flexibility index (Phi) is 3.38. The molecule has 1 aromatic carbocycles. The minimum Gasteiger partial charge on any atom is -0.454 e. The van der Waals surface area contributed by atoms with E-state index in [2.05, 4.69) is 17.7 Å². The smallest absolute Gasteiger partial charge is 0.256 e. The van der Waals surface area contributed by atoms with Crippen molar-refractivity contribution in [2.45, 2.75) is 19.1 Å². The normalized spacial score (nSPS) is 23.5. The van der Waals surface area contributed by atoms with Gasteiger partial charge in [0.2, 0.25) is 6.79 Å². The summed E-state index contributed by atoms with van der Waals surface area (Å²) in [4.78, 5) is 15.6. The van der Waals surface area contributed by atoms with Crippen LogP contribution >= 0.6 is 22.9 Å². The van der Waals surface area contributed by atoms with E-state index in [-0.39, 0.29) is 18.9 Å². The molecule has 4 heterocycles. The van der Waals surface area contributed by atoms with Gasteiger partial charge in [0, 0.05) is 18.1 Å². The lowest BCUT2D eigenvalue weighted by Gasteiger charge is -2.27. The van der Waals surface area contributed by atoms with Crippen molar-refractivity contribution in [2.24, 2.45) is 0 Å². The van der Waals surface area contributed by atoms with Gasteiger partial charge in [-0.05, 0) is 11.6 Å². The number of carbonyl (C=O) groups is 1. The van der Waals surface area contributed by atoms with Gasteiger partial charge in [-0.15, -0.1) is 11.3 Å². The number of hydrogen-bond acceptors (Lipinski definition) is 5. The van der Waals surface area contributed by atoms with Crippen LogP contribution in [0.3, 0.4) is 0 Å². The number of anilines is 1. The van der Waals surface area contributed by atoms with Crippen LogP contribution in [0.4, 0.5) is 5.00 Å². The average Bonchev–Trinajstić information content (AvgIpc) is 3.16. The Morgan fingerprint density at radius 1 is 1.28 bits per heavy atom. The Morgan fingerprint density at radius 3 is 2.92 bits per heavy atom. The molecule has 0 saturated carbocycles. The van der Waals surface area contributed by atoms with Gasteiger partial charge >= 0.3 is 0 Å². The van der Waals surface area contributed by atoms with Crippen molar-refractivity contribution < 1.29 is 19.2 Å². The first-order valence-corrected chi connectivity index (χ1v) is 9.42. The molecule has 3 N–H and O–H groups in total. The number of quaternary nitrogens is 1. The van der Waals surface area contributed by atoms with Crippen molar-refractivity contribution in [3.05, 3.63) is 38.7 Å². The number of halogens is 1. The van der Waals surface area contributed by atoms with Gasteiger partial charge in [0.15, 0.2) is 11.5 Å². The van der Waals surface area contributed by atoms with Crippen LogP contribution in [0.25, 0.3) is 0 Å². The predicted molar refractivity (Wildman–Crippen MR) is 94.9 cm³/mol. The van der Waals surface area contributed by atoms with E-state index >= 15 is 0 Å². The van der Waals surface area contributed by atoms with E-state index in [1.54, 1.807) is 17.4 Å². The topological polar surface area (TPSA) is 64.0 Å². The lowest BCUT2D eigenvalue weighted by atomic mass is 10.0. The highest BCUT2D eigenvalue weighted by Crippen LogP contribution is 2.43. The third-order valence-corrected chi connectivity index (χ3v) is 6.43. The largest absolute Gasteiger partial charge is 0.454 e. The molecule has 1 unspecified atom stereocenters. The van der Waals surface area contributed by atoms with Crippen molar-refractivity contribution in [3.8, 4) is 11.5 Å². The van der Waals surface area contributed by atoms with Gasteiger partial charge in [0.1, 0.15) is 17.7 Å². The molecule has 0 aliphatic carbocycles. The highest BCUT2D eigenvalue weighted by Gasteiger charge is 2.35. The van der Waals surface area contributed by atoms with Crippen LogP contribution in [0.2, 0.25) is 5.02 Å². The van der Waals surface area contributed by atoms with Crippen molar-refractivity contribution in [3.63, 3.8) is 0 Å². The highest BCUT2D eigenvalue weighted by atomic mass is 35.5. The van der Waals surface area contributed by atoms with Crippen LogP contribution in [-0.4, -0.2) is 26.3 Å². The Balaban J connectivity index is 1.52. The number of likely N-dealkylation sites (N-methyl/N-ethyl adjacent to an activating group) is 1. The summed E-state index contributed by atoms with van der Waals surface area (Å²) in [6.45, 7) is 2.22. The van der Waals surface area contributed by atoms with Gasteiger partial charge in [0.05, 0.1) is 29.1 Å². The Morgan fingerprint density at radius 2 is 2.08 bits per heavy atom. The molecule has 1 amide bonds. The number of ether oxygens (including phenoxy) is 2. The van der Waals surface area contributed by atoms with Gasteiger partial charge in [-0.1, -0.05) is 11.6 Å². The van der Waals surface area contributed by atoms with Crippen LogP contribution in [0.1, 0.15) is 32.5 Å². The maximum atomic E-state index is 12.8. The lowest BCUT2D eigenvalue weighted by molar-refractivity contribution is -0.895. The lowest BCUT2D eigenvalue weighted by Crippen LogP contribution is -3.08. The molecule has 3 aliphatic rings. The zero-order chi connectivity index (χ0) is 17.1. The molecule has 130 valence electrons. The zero-order valence-electron chi connectivity index (χ0n) is 13.6. The van der Waals surface area contributed by atoms with E-state index in [0.717, 1.165) is 35.6 Å². The second-order valence-corrected chi connectivity index (χ2v) is 8.13. The van der Waals surface area contributed by atoms with Gasteiger partial charge in [-0.25, -0.2) is 0 Å². The molecule has 5 rings (SSSR count). The Hall–Kier alpha value is -1.96. The van der Waals surface area contributed by atoms with E-state index in [9.17, 15) is 4.79 Å².